The zero-order valence-electron chi connectivity index (χ0n) is 12.5. The van der Waals surface area contributed by atoms with E-state index in [1.54, 1.807) is 0 Å². The van der Waals surface area contributed by atoms with Crippen LogP contribution in [-0.2, 0) is 6.42 Å². The van der Waals surface area contributed by atoms with E-state index in [2.05, 4.69) is 47.7 Å². The van der Waals surface area contributed by atoms with Crippen LogP contribution in [0.5, 0.6) is 0 Å². The van der Waals surface area contributed by atoms with Crippen LogP contribution in [-0.4, -0.2) is 23.8 Å². The van der Waals surface area contributed by atoms with Crippen LogP contribution in [0.1, 0.15) is 11.1 Å². The second-order valence-electron chi connectivity index (χ2n) is 6.14. The van der Waals surface area contributed by atoms with Gasteiger partial charge >= 0.3 is 0 Å². The van der Waals surface area contributed by atoms with Gasteiger partial charge in [0.2, 0.25) is 0 Å². The molecule has 112 valence electrons. The van der Waals surface area contributed by atoms with E-state index in [1.807, 2.05) is 12.1 Å². The fourth-order valence-electron chi connectivity index (χ4n) is 3.20. The Labute approximate surface area is 135 Å². The first-order chi connectivity index (χ1) is 10.7. The van der Waals surface area contributed by atoms with Gasteiger partial charge in [0, 0.05) is 28.9 Å². The minimum Gasteiger partial charge on any atom is -0.319 e. The SMILES string of the molecule is Cc1ccc(NN2CC3=Nc4cc(Cl)ccc4CC3C2)cc1. The Morgan fingerprint density at radius 3 is 2.82 bits per heavy atom. The molecule has 1 saturated heterocycles. The molecule has 4 heteroatoms. The van der Waals surface area contributed by atoms with E-state index < -0.39 is 0 Å². The smallest absolute Gasteiger partial charge is 0.0676 e. The highest BCUT2D eigenvalue weighted by atomic mass is 35.5. The third-order valence-electron chi connectivity index (χ3n) is 4.38. The van der Waals surface area contributed by atoms with Gasteiger partial charge in [0.1, 0.15) is 0 Å². The number of halogens is 1. The van der Waals surface area contributed by atoms with Gasteiger partial charge in [0.15, 0.2) is 0 Å². The maximum absolute atomic E-state index is 6.08. The largest absolute Gasteiger partial charge is 0.319 e. The van der Waals surface area contributed by atoms with Crippen molar-refractivity contribution < 1.29 is 0 Å². The fourth-order valence-corrected chi connectivity index (χ4v) is 3.37. The highest BCUT2D eigenvalue weighted by Gasteiger charge is 2.32. The molecule has 2 aromatic rings. The van der Waals surface area contributed by atoms with Crippen LogP contribution in [0.3, 0.4) is 0 Å². The lowest BCUT2D eigenvalue weighted by Gasteiger charge is -2.19. The molecule has 0 spiro atoms. The number of nitrogens with zero attached hydrogens (tertiary/aromatic N) is 2. The first-order valence-corrected chi connectivity index (χ1v) is 7.99. The number of rotatable bonds is 2. The maximum atomic E-state index is 6.08. The lowest BCUT2D eigenvalue weighted by Crippen LogP contribution is -2.27. The van der Waals surface area contributed by atoms with Crippen molar-refractivity contribution in [2.24, 2.45) is 10.9 Å². The van der Waals surface area contributed by atoms with Crippen LogP contribution in [0, 0.1) is 12.8 Å². The van der Waals surface area contributed by atoms with Crippen LogP contribution in [0.25, 0.3) is 0 Å². The number of hydrogen-bond acceptors (Lipinski definition) is 3. The molecule has 0 saturated carbocycles. The van der Waals surface area contributed by atoms with Gasteiger partial charge < -0.3 is 5.43 Å². The van der Waals surface area contributed by atoms with Crippen molar-refractivity contribution in [3.8, 4) is 0 Å². The molecular weight excluding hydrogens is 294 g/mol. The summed E-state index contributed by atoms with van der Waals surface area (Å²) in [6, 6.07) is 14.5. The summed E-state index contributed by atoms with van der Waals surface area (Å²) in [5.74, 6) is 0.506. The van der Waals surface area contributed by atoms with Gasteiger partial charge in [-0.25, -0.2) is 5.01 Å². The van der Waals surface area contributed by atoms with Gasteiger partial charge in [-0.3, -0.25) is 4.99 Å². The van der Waals surface area contributed by atoms with E-state index in [1.165, 1.54) is 16.8 Å². The van der Waals surface area contributed by atoms with Crippen LogP contribution in [0.2, 0.25) is 5.02 Å². The normalized spacial score (nSPS) is 20.3. The predicted molar refractivity (Wildman–Crippen MR) is 92.1 cm³/mol. The molecule has 1 unspecified atom stereocenters. The summed E-state index contributed by atoms with van der Waals surface area (Å²) >= 11 is 6.08. The van der Waals surface area contributed by atoms with E-state index in [0.717, 1.165) is 35.9 Å². The molecule has 1 fully saturated rings. The average Bonchev–Trinajstić information content (AvgIpc) is 2.88. The summed E-state index contributed by atoms with van der Waals surface area (Å²) in [6.45, 7) is 3.96. The lowest BCUT2D eigenvalue weighted by molar-refractivity contribution is 0.388. The number of anilines is 1. The Balaban J connectivity index is 1.51. The van der Waals surface area contributed by atoms with Crippen LogP contribution in [0.4, 0.5) is 11.4 Å². The van der Waals surface area contributed by atoms with Gasteiger partial charge in [-0.2, -0.15) is 0 Å². The Hall–Kier alpha value is -1.84. The summed E-state index contributed by atoms with van der Waals surface area (Å²) in [7, 11) is 0. The first-order valence-electron chi connectivity index (χ1n) is 7.61. The second kappa shape index (κ2) is 5.41. The van der Waals surface area contributed by atoms with Crippen molar-refractivity contribution in [3.05, 3.63) is 58.6 Å². The minimum absolute atomic E-state index is 0.506. The molecule has 4 rings (SSSR count). The lowest BCUT2D eigenvalue weighted by atomic mass is 9.93. The number of aryl methyl sites for hydroxylation is 1. The molecule has 2 aliphatic heterocycles. The first kappa shape index (κ1) is 13.8. The van der Waals surface area contributed by atoms with Gasteiger partial charge in [0.05, 0.1) is 12.2 Å². The predicted octanol–water partition coefficient (Wildman–Crippen LogP) is 4.24. The number of aliphatic imine (C=N–C) groups is 1. The number of fused-ring (bicyclic) bond motifs is 2. The zero-order valence-corrected chi connectivity index (χ0v) is 13.3. The highest BCUT2D eigenvalue weighted by molar-refractivity contribution is 6.30. The molecule has 0 radical (unpaired) electrons. The van der Waals surface area contributed by atoms with Gasteiger partial charge in [0.25, 0.3) is 0 Å². The summed E-state index contributed by atoms with van der Waals surface area (Å²) in [4.78, 5) is 4.82. The second-order valence-corrected chi connectivity index (χ2v) is 6.57. The molecule has 2 aliphatic rings. The number of benzene rings is 2. The molecule has 3 nitrogen and oxygen atoms in total. The third-order valence-corrected chi connectivity index (χ3v) is 4.62. The van der Waals surface area contributed by atoms with Crippen LogP contribution in [0.15, 0.2) is 47.5 Å². The molecule has 0 aliphatic carbocycles. The standard InChI is InChI=1S/C18H18ClN3/c1-12-2-6-16(7-3-12)21-22-10-14-8-13-4-5-15(19)9-17(13)20-18(14)11-22/h2-7,9,14,21H,8,10-11H2,1H3. The maximum Gasteiger partial charge on any atom is 0.0676 e. The molecule has 22 heavy (non-hydrogen) atoms. The highest BCUT2D eigenvalue weighted by Crippen LogP contribution is 2.34. The third kappa shape index (κ3) is 2.62. The Morgan fingerprint density at radius 2 is 2.00 bits per heavy atom. The monoisotopic (exact) mass is 311 g/mol. The van der Waals surface area contributed by atoms with Crippen molar-refractivity contribution in [1.29, 1.82) is 0 Å². The fraction of sp³-hybridized carbons (Fsp3) is 0.278. The van der Waals surface area contributed by atoms with Crippen LogP contribution < -0.4 is 5.43 Å². The number of nitrogens with one attached hydrogen (secondary N) is 1. The Kier molecular flexibility index (Phi) is 3.40. The minimum atomic E-state index is 0.506. The van der Waals surface area contributed by atoms with Crippen molar-refractivity contribution >= 4 is 28.7 Å². The van der Waals surface area contributed by atoms with E-state index in [4.69, 9.17) is 16.6 Å². The van der Waals surface area contributed by atoms with Crippen molar-refractivity contribution in [1.82, 2.24) is 5.01 Å². The quantitative estimate of drug-likeness (QED) is 0.898. The summed E-state index contributed by atoms with van der Waals surface area (Å²) in [6.07, 6.45) is 1.05. The van der Waals surface area contributed by atoms with Gasteiger partial charge in [-0.1, -0.05) is 35.4 Å². The average molecular weight is 312 g/mol. The summed E-state index contributed by atoms with van der Waals surface area (Å²) in [5, 5.41) is 3.01. The van der Waals surface area contributed by atoms with E-state index in [0.29, 0.717) is 5.92 Å². The molecule has 0 aromatic heterocycles. The molecule has 0 amide bonds. The summed E-state index contributed by atoms with van der Waals surface area (Å²) < 4.78 is 0. The number of hydrazine groups is 1. The van der Waals surface area contributed by atoms with Gasteiger partial charge in [-0.15, -0.1) is 0 Å². The van der Waals surface area contributed by atoms with Crippen molar-refractivity contribution in [2.45, 2.75) is 13.3 Å². The Morgan fingerprint density at radius 1 is 1.18 bits per heavy atom. The molecule has 2 aromatic carbocycles. The number of hydrogen-bond donors (Lipinski definition) is 1. The summed E-state index contributed by atoms with van der Waals surface area (Å²) in [5.41, 5.74) is 9.49. The van der Waals surface area contributed by atoms with E-state index in [-0.39, 0.29) is 0 Å². The van der Waals surface area contributed by atoms with Gasteiger partial charge in [-0.05, 0) is 43.2 Å². The van der Waals surface area contributed by atoms with Crippen LogP contribution >= 0.6 is 11.6 Å². The molecule has 1 N–H and O–H groups in total. The van der Waals surface area contributed by atoms with E-state index in [9.17, 15) is 0 Å². The molecule has 0 bridgehead atoms. The topological polar surface area (TPSA) is 27.6 Å². The molecule has 1 atom stereocenters. The molecular formula is C18H18ClN3. The van der Waals surface area contributed by atoms with Crippen molar-refractivity contribution in [2.75, 3.05) is 18.5 Å². The zero-order chi connectivity index (χ0) is 15.1. The van der Waals surface area contributed by atoms with Crippen molar-refractivity contribution in [3.63, 3.8) is 0 Å². The Bertz CT molecular complexity index is 736. The van der Waals surface area contributed by atoms with E-state index >= 15 is 0 Å². The molecule has 2 heterocycles.